The molecule has 2 aromatic rings. The molecule has 0 unspecified atom stereocenters. The number of para-hydroxylation sites is 1. The quantitative estimate of drug-likeness (QED) is 0.922. The van der Waals surface area contributed by atoms with Crippen LogP contribution in [0.4, 0.5) is 5.69 Å². The van der Waals surface area contributed by atoms with Gasteiger partial charge in [0, 0.05) is 4.47 Å². The van der Waals surface area contributed by atoms with E-state index in [1.54, 1.807) is 24.3 Å². The summed E-state index contributed by atoms with van der Waals surface area (Å²) in [5.74, 6) is 0. The molecule has 3 nitrogen and oxygen atoms in total. The minimum atomic E-state index is -3.59. The van der Waals surface area contributed by atoms with Gasteiger partial charge >= 0.3 is 0 Å². The Morgan fingerprint density at radius 2 is 1.53 bits per heavy atom. The Balaban J connectivity index is 2.46. The fourth-order valence-corrected chi connectivity index (χ4v) is 4.03. The van der Waals surface area contributed by atoms with Crippen molar-refractivity contribution in [3.05, 3.63) is 58.1 Å². The lowest BCUT2D eigenvalue weighted by atomic mass is 10.1. The van der Waals surface area contributed by atoms with Gasteiger partial charge in [0.1, 0.15) is 4.90 Å². The Hall–Kier alpha value is -1.33. The Morgan fingerprint density at radius 3 is 2.11 bits per heavy atom. The first kappa shape index (κ1) is 14.1. The van der Waals surface area contributed by atoms with Crippen molar-refractivity contribution in [1.82, 2.24) is 0 Å². The lowest BCUT2D eigenvalue weighted by Crippen LogP contribution is -2.15. The third kappa shape index (κ3) is 2.98. The van der Waals surface area contributed by atoms with Gasteiger partial charge in [0.05, 0.1) is 5.69 Å². The van der Waals surface area contributed by atoms with Crippen LogP contribution in [0.2, 0.25) is 0 Å². The van der Waals surface area contributed by atoms with Gasteiger partial charge in [-0.2, -0.15) is 0 Å². The Labute approximate surface area is 121 Å². The molecule has 2 rings (SSSR count). The van der Waals surface area contributed by atoms with Crippen LogP contribution < -0.4 is 4.72 Å². The number of hydrogen-bond donors (Lipinski definition) is 1. The van der Waals surface area contributed by atoms with Gasteiger partial charge in [-0.25, -0.2) is 8.42 Å². The largest absolute Gasteiger partial charge is 0.279 e. The van der Waals surface area contributed by atoms with Gasteiger partial charge in [-0.15, -0.1) is 0 Å². The highest BCUT2D eigenvalue weighted by molar-refractivity contribution is 9.10. The third-order valence-corrected chi connectivity index (χ3v) is 5.21. The van der Waals surface area contributed by atoms with Crippen LogP contribution >= 0.6 is 15.9 Å². The second kappa shape index (κ2) is 5.35. The van der Waals surface area contributed by atoms with Crippen molar-refractivity contribution in [2.75, 3.05) is 4.72 Å². The summed E-state index contributed by atoms with van der Waals surface area (Å²) in [5, 5.41) is 0. The lowest BCUT2D eigenvalue weighted by molar-refractivity contribution is 0.600. The molecule has 2 aromatic carbocycles. The Kier molecular flexibility index (Phi) is 3.96. The van der Waals surface area contributed by atoms with Crippen molar-refractivity contribution < 1.29 is 8.42 Å². The molecule has 0 saturated carbocycles. The molecule has 0 aliphatic carbocycles. The fraction of sp³-hybridized carbons (Fsp3) is 0.143. The molecular formula is C14H14BrNO2S. The average Bonchev–Trinajstić information content (AvgIpc) is 2.34. The van der Waals surface area contributed by atoms with Crippen LogP contribution in [0.25, 0.3) is 0 Å². The zero-order chi connectivity index (χ0) is 14.0. The van der Waals surface area contributed by atoms with Crippen LogP contribution in [0.3, 0.4) is 0 Å². The van der Waals surface area contributed by atoms with E-state index in [1.165, 1.54) is 0 Å². The maximum absolute atomic E-state index is 12.4. The SMILES string of the molecule is Cc1cccc(C)c1NS(=O)(=O)c1ccccc1Br. The van der Waals surface area contributed by atoms with Crippen molar-refractivity contribution >= 4 is 31.6 Å². The highest BCUT2D eigenvalue weighted by Gasteiger charge is 2.18. The number of hydrogen-bond acceptors (Lipinski definition) is 2. The van der Waals surface area contributed by atoms with Gasteiger partial charge in [0.15, 0.2) is 0 Å². The summed E-state index contributed by atoms with van der Waals surface area (Å²) >= 11 is 3.26. The molecule has 0 aliphatic heterocycles. The fourth-order valence-electron chi connectivity index (χ4n) is 1.83. The third-order valence-electron chi connectivity index (χ3n) is 2.84. The summed E-state index contributed by atoms with van der Waals surface area (Å²) in [5.41, 5.74) is 2.43. The lowest BCUT2D eigenvalue weighted by Gasteiger charge is -2.13. The molecule has 0 saturated heterocycles. The number of nitrogens with one attached hydrogen (secondary N) is 1. The summed E-state index contributed by atoms with van der Waals surface area (Å²) in [6.45, 7) is 3.76. The van der Waals surface area contributed by atoms with Gasteiger partial charge < -0.3 is 0 Å². The standard InChI is InChI=1S/C14H14BrNO2S/c1-10-6-5-7-11(2)14(10)16-19(17,18)13-9-4-3-8-12(13)15/h3-9,16H,1-2H3. The molecule has 100 valence electrons. The molecule has 0 bridgehead atoms. The molecule has 0 spiro atoms. The number of halogens is 1. The Morgan fingerprint density at radius 1 is 0.947 bits per heavy atom. The van der Waals surface area contributed by atoms with Crippen LogP contribution in [-0.4, -0.2) is 8.42 Å². The van der Waals surface area contributed by atoms with E-state index in [1.807, 2.05) is 32.0 Å². The van der Waals surface area contributed by atoms with E-state index in [-0.39, 0.29) is 4.90 Å². The molecule has 5 heteroatoms. The zero-order valence-corrected chi connectivity index (χ0v) is 13.0. The molecule has 0 aliphatic rings. The minimum absolute atomic E-state index is 0.234. The van der Waals surface area contributed by atoms with Crippen LogP contribution in [0.1, 0.15) is 11.1 Å². The molecule has 0 aromatic heterocycles. The van der Waals surface area contributed by atoms with Crippen LogP contribution in [0.15, 0.2) is 51.8 Å². The number of rotatable bonds is 3. The van der Waals surface area contributed by atoms with Crippen molar-refractivity contribution in [2.45, 2.75) is 18.7 Å². The van der Waals surface area contributed by atoms with E-state index in [2.05, 4.69) is 20.7 Å². The van der Waals surface area contributed by atoms with E-state index in [9.17, 15) is 8.42 Å². The van der Waals surface area contributed by atoms with Gasteiger partial charge in [-0.3, -0.25) is 4.72 Å². The second-order valence-corrected chi connectivity index (χ2v) is 6.81. The minimum Gasteiger partial charge on any atom is -0.279 e. The van der Waals surface area contributed by atoms with Crippen LogP contribution in [-0.2, 0) is 10.0 Å². The van der Waals surface area contributed by atoms with Crippen molar-refractivity contribution in [3.63, 3.8) is 0 Å². The van der Waals surface area contributed by atoms with Crippen molar-refractivity contribution in [1.29, 1.82) is 0 Å². The summed E-state index contributed by atoms with van der Waals surface area (Å²) < 4.78 is 28.0. The molecule has 0 radical (unpaired) electrons. The van der Waals surface area contributed by atoms with Crippen molar-refractivity contribution in [3.8, 4) is 0 Å². The second-order valence-electron chi connectivity index (χ2n) is 4.30. The molecule has 0 amide bonds. The maximum atomic E-state index is 12.4. The normalized spacial score (nSPS) is 11.3. The predicted molar refractivity (Wildman–Crippen MR) is 80.9 cm³/mol. The number of aryl methyl sites for hydroxylation is 2. The molecule has 0 heterocycles. The van der Waals surface area contributed by atoms with E-state index in [0.29, 0.717) is 10.2 Å². The average molecular weight is 340 g/mol. The first-order valence-corrected chi connectivity index (χ1v) is 8.03. The van der Waals surface area contributed by atoms with Gasteiger partial charge in [-0.1, -0.05) is 30.3 Å². The summed E-state index contributed by atoms with van der Waals surface area (Å²) in [6.07, 6.45) is 0. The first-order valence-electron chi connectivity index (χ1n) is 5.75. The zero-order valence-electron chi connectivity index (χ0n) is 10.6. The van der Waals surface area contributed by atoms with E-state index < -0.39 is 10.0 Å². The number of sulfonamides is 1. The summed E-state index contributed by atoms with van der Waals surface area (Å²) in [6, 6.07) is 12.4. The van der Waals surface area contributed by atoms with Gasteiger partial charge in [0.2, 0.25) is 0 Å². The van der Waals surface area contributed by atoms with Gasteiger partial charge in [0.25, 0.3) is 10.0 Å². The Bertz CT molecular complexity index is 691. The summed E-state index contributed by atoms with van der Waals surface area (Å²) in [4.78, 5) is 0.234. The maximum Gasteiger partial charge on any atom is 0.263 e. The molecule has 0 atom stereocenters. The molecule has 0 fully saturated rings. The summed E-state index contributed by atoms with van der Waals surface area (Å²) in [7, 11) is -3.59. The monoisotopic (exact) mass is 339 g/mol. The number of anilines is 1. The molecule has 1 N–H and O–H groups in total. The van der Waals surface area contributed by atoms with Gasteiger partial charge in [-0.05, 0) is 53.0 Å². The van der Waals surface area contributed by atoms with E-state index in [4.69, 9.17) is 0 Å². The van der Waals surface area contributed by atoms with E-state index >= 15 is 0 Å². The smallest absolute Gasteiger partial charge is 0.263 e. The van der Waals surface area contributed by atoms with Crippen LogP contribution in [0.5, 0.6) is 0 Å². The van der Waals surface area contributed by atoms with Crippen LogP contribution in [0, 0.1) is 13.8 Å². The topological polar surface area (TPSA) is 46.2 Å². The highest BCUT2D eigenvalue weighted by atomic mass is 79.9. The first-order chi connectivity index (χ1) is 8.92. The molecule has 19 heavy (non-hydrogen) atoms. The van der Waals surface area contributed by atoms with Crippen molar-refractivity contribution in [2.24, 2.45) is 0 Å². The molecular weight excluding hydrogens is 326 g/mol. The highest BCUT2D eigenvalue weighted by Crippen LogP contribution is 2.26. The van der Waals surface area contributed by atoms with E-state index in [0.717, 1.165) is 11.1 Å². The predicted octanol–water partition coefficient (Wildman–Crippen LogP) is 3.87. The number of benzene rings is 2.